The summed E-state index contributed by atoms with van der Waals surface area (Å²) in [6, 6.07) is 9.68. The summed E-state index contributed by atoms with van der Waals surface area (Å²) in [7, 11) is 0. The molecule has 1 saturated heterocycles. The quantitative estimate of drug-likeness (QED) is 0.739. The lowest BCUT2D eigenvalue weighted by atomic mass is 10.2. The number of ether oxygens (including phenoxy) is 1. The third kappa shape index (κ3) is 2.21. The molecule has 1 aliphatic rings. The summed E-state index contributed by atoms with van der Waals surface area (Å²) < 4.78 is 8.90. The largest absolute Gasteiger partial charge is 0.376 e. The topological polar surface area (TPSA) is 61.9 Å². The molecule has 0 bridgehead atoms. The minimum absolute atomic E-state index is 0.0670. The molecule has 1 aliphatic heterocycles. The van der Waals surface area contributed by atoms with E-state index < -0.39 is 0 Å². The average Bonchev–Trinajstić information content (AvgIpc) is 3.21. The number of para-hydroxylation sites is 1. The first-order valence-electron chi connectivity index (χ1n) is 7.43. The molecular formula is C16H16N4O2. The molecule has 22 heavy (non-hydrogen) atoms. The highest BCUT2D eigenvalue weighted by atomic mass is 16.5. The van der Waals surface area contributed by atoms with Crippen molar-refractivity contribution in [3.05, 3.63) is 53.2 Å². The number of hydrogen-bond donors (Lipinski definition) is 0. The van der Waals surface area contributed by atoms with Crippen LogP contribution in [-0.4, -0.2) is 32.0 Å². The number of rotatable bonds is 3. The van der Waals surface area contributed by atoms with Gasteiger partial charge in [0, 0.05) is 6.61 Å². The van der Waals surface area contributed by atoms with Crippen molar-refractivity contribution in [1.29, 1.82) is 0 Å². The van der Waals surface area contributed by atoms with Crippen molar-refractivity contribution in [2.24, 2.45) is 0 Å². The molecule has 2 aromatic heterocycles. The molecule has 3 heterocycles. The first-order valence-corrected chi connectivity index (χ1v) is 7.43. The van der Waals surface area contributed by atoms with Gasteiger partial charge in [0.1, 0.15) is 11.7 Å². The number of hydrogen-bond acceptors (Lipinski definition) is 4. The number of fused-ring (bicyclic) bond motifs is 1. The Morgan fingerprint density at radius 2 is 2.14 bits per heavy atom. The lowest BCUT2D eigenvalue weighted by Gasteiger charge is -2.11. The van der Waals surface area contributed by atoms with Crippen LogP contribution in [0.15, 0.2) is 47.7 Å². The summed E-state index contributed by atoms with van der Waals surface area (Å²) in [6.07, 6.45) is 5.34. The van der Waals surface area contributed by atoms with Gasteiger partial charge >= 0.3 is 0 Å². The second-order valence-corrected chi connectivity index (χ2v) is 5.47. The van der Waals surface area contributed by atoms with E-state index in [-0.39, 0.29) is 11.7 Å². The predicted octanol–water partition coefficient (Wildman–Crippen LogP) is 1.76. The normalized spacial score (nSPS) is 18.1. The van der Waals surface area contributed by atoms with Gasteiger partial charge in [-0.25, -0.2) is 9.67 Å². The van der Waals surface area contributed by atoms with Crippen LogP contribution in [0.5, 0.6) is 0 Å². The fourth-order valence-electron chi connectivity index (χ4n) is 2.84. The third-order valence-corrected chi connectivity index (χ3v) is 3.98. The van der Waals surface area contributed by atoms with Gasteiger partial charge in [0.15, 0.2) is 5.65 Å². The molecule has 1 aromatic carbocycles. The zero-order chi connectivity index (χ0) is 14.9. The summed E-state index contributed by atoms with van der Waals surface area (Å²) in [5.41, 5.74) is 1.41. The molecule has 3 aromatic rings. The zero-order valence-corrected chi connectivity index (χ0v) is 12.1. The first-order chi connectivity index (χ1) is 10.8. The minimum Gasteiger partial charge on any atom is -0.376 e. The van der Waals surface area contributed by atoms with Crippen molar-refractivity contribution >= 4 is 11.0 Å². The maximum atomic E-state index is 12.6. The molecule has 0 N–H and O–H groups in total. The summed E-state index contributed by atoms with van der Waals surface area (Å²) >= 11 is 0. The van der Waals surface area contributed by atoms with Gasteiger partial charge in [-0.1, -0.05) is 18.2 Å². The standard InChI is InChI=1S/C16H16N4O2/c21-16-14-9-18-20(12-5-2-1-3-6-12)15(14)17-11-19(16)10-13-7-4-8-22-13/h1-3,5-6,9,11,13H,4,7-8,10H2/t13-/m0/s1. The summed E-state index contributed by atoms with van der Waals surface area (Å²) in [6.45, 7) is 1.33. The maximum Gasteiger partial charge on any atom is 0.264 e. The molecule has 0 spiro atoms. The lowest BCUT2D eigenvalue weighted by Crippen LogP contribution is -2.26. The highest BCUT2D eigenvalue weighted by Crippen LogP contribution is 2.15. The molecule has 6 heteroatoms. The molecule has 6 nitrogen and oxygen atoms in total. The maximum absolute atomic E-state index is 12.6. The van der Waals surface area contributed by atoms with E-state index in [1.54, 1.807) is 21.8 Å². The van der Waals surface area contributed by atoms with Crippen LogP contribution in [0.4, 0.5) is 0 Å². The molecule has 0 radical (unpaired) electrons. The summed E-state index contributed by atoms with van der Waals surface area (Å²) in [4.78, 5) is 17.0. The van der Waals surface area contributed by atoms with E-state index in [4.69, 9.17) is 4.74 Å². The Hall–Kier alpha value is -2.47. The smallest absolute Gasteiger partial charge is 0.264 e. The number of nitrogens with zero attached hydrogens (tertiary/aromatic N) is 4. The molecule has 1 atom stereocenters. The molecule has 1 fully saturated rings. The van der Waals surface area contributed by atoms with Gasteiger partial charge in [0.2, 0.25) is 0 Å². The molecule has 4 rings (SSSR count). The Labute approximate surface area is 127 Å². The summed E-state index contributed by atoms with van der Waals surface area (Å²) in [5.74, 6) is 0. The van der Waals surface area contributed by atoms with E-state index in [0.29, 0.717) is 17.6 Å². The minimum atomic E-state index is -0.0670. The molecule has 0 unspecified atom stereocenters. The van der Waals surface area contributed by atoms with Gasteiger partial charge in [-0.2, -0.15) is 5.10 Å². The van der Waals surface area contributed by atoms with Crippen molar-refractivity contribution in [3.63, 3.8) is 0 Å². The Morgan fingerprint density at radius 1 is 1.27 bits per heavy atom. The van der Waals surface area contributed by atoms with Crippen LogP contribution in [0, 0.1) is 0 Å². The van der Waals surface area contributed by atoms with Crippen LogP contribution in [0.3, 0.4) is 0 Å². The lowest BCUT2D eigenvalue weighted by molar-refractivity contribution is 0.0960. The Morgan fingerprint density at radius 3 is 2.91 bits per heavy atom. The SMILES string of the molecule is O=c1c2cnn(-c3ccccc3)c2ncn1C[C@@H]1CCCO1. The van der Waals surface area contributed by atoms with Crippen molar-refractivity contribution < 1.29 is 4.74 Å². The van der Waals surface area contributed by atoms with E-state index in [2.05, 4.69) is 10.1 Å². The average molecular weight is 296 g/mol. The van der Waals surface area contributed by atoms with Gasteiger partial charge in [0.05, 0.1) is 24.5 Å². The fourth-order valence-corrected chi connectivity index (χ4v) is 2.84. The number of benzene rings is 1. The van der Waals surface area contributed by atoms with Gasteiger partial charge in [0.25, 0.3) is 5.56 Å². The third-order valence-electron chi connectivity index (χ3n) is 3.98. The van der Waals surface area contributed by atoms with Gasteiger partial charge in [-0.05, 0) is 25.0 Å². The van der Waals surface area contributed by atoms with Gasteiger partial charge < -0.3 is 4.74 Å². The highest BCUT2D eigenvalue weighted by molar-refractivity contribution is 5.74. The Kier molecular flexibility index (Phi) is 3.23. The van der Waals surface area contributed by atoms with Crippen LogP contribution in [0.1, 0.15) is 12.8 Å². The monoisotopic (exact) mass is 296 g/mol. The first kappa shape index (κ1) is 13.2. The molecule has 0 saturated carbocycles. The van der Waals surface area contributed by atoms with Crippen LogP contribution in [0.25, 0.3) is 16.7 Å². The van der Waals surface area contributed by atoms with Crippen molar-refractivity contribution in [2.75, 3.05) is 6.61 Å². The molecule has 112 valence electrons. The van der Waals surface area contributed by atoms with Gasteiger partial charge in [-0.15, -0.1) is 0 Å². The van der Waals surface area contributed by atoms with Gasteiger partial charge in [-0.3, -0.25) is 9.36 Å². The van der Waals surface area contributed by atoms with E-state index in [0.717, 1.165) is 25.1 Å². The van der Waals surface area contributed by atoms with E-state index in [1.165, 1.54) is 0 Å². The molecule has 0 amide bonds. The van der Waals surface area contributed by atoms with Crippen molar-refractivity contribution in [2.45, 2.75) is 25.5 Å². The number of aromatic nitrogens is 4. The highest BCUT2D eigenvalue weighted by Gasteiger charge is 2.18. The Bertz CT molecular complexity index is 847. The van der Waals surface area contributed by atoms with E-state index in [1.807, 2.05) is 30.3 Å². The molecule has 0 aliphatic carbocycles. The van der Waals surface area contributed by atoms with Crippen molar-refractivity contribution in [3.8, 4) is 5.69 Å². The second-order valence-electron chi connectivity index (χ2n) is 5.47. The fraction of sp³-hybridized carbons (Fsp3) is 0.312. The second kappa shape index (κ2) is 5.38. The predicted molar refractivity (Wildman–Crippen MR) is 82.1 cm³/mol. The van der Waals surface area contributed by atoms with Crippen LogP contribution >= 0.6 is 0 Å². The molecular weight excluding hydrogens is 280 g/mol. The van der Waals surface area contributed by atoms with Crippen molar-refractivity contribution in [1.82, 2.24) is 19.3 Å². The van der Waals surface area contributed by atoms with E-state index >= 15 is 0 Å². The summed E-state index contributed by atoms with van der Waals surface area (Å²) in [5, 5.41) is 4.84. The van der Waals surface area contributed by atoms with E-state index in [9.17, 15) is 4.79 Å². The van der Waals surface area contributed by atoms with Crippen LogP contribution < -0.4 is 5.56 Å². The Balaban J connectivity index is 1.76. The van der Waals surface area contributed by atoms with Crippen LogP contribution in [-0.2, 0) is 11.3 Å². The van der Waals surface area contributed by atoms with Crippen LogP contribution in [0.2, 0.25) is 0 Å². The zero-order valence-electron chi connectivity index (χ0n) is 12.1.